The van der Waals surface area contributed by atoms with E-state index in [0.29, 0.717) is 5.56 Å². The number of nitrogen functional groups attached to an aromatic ring is 1. The molecule has 0 spiro atoms. The van der Waals surface area contributed by atoms with Crippen LogP contribution in [0.3, 0.4) is 0 Å². The van der Waals surface area contributed by atoms with Crippen molar-refractivity contribution in [1.82, 2.24) is 0 Å². The van der Waals surface area contributed by atoms with Crippen LogP contribution in [0.15, 0.2) is 50.2 Å². The van der Waals surface area contributed by atoms with Crippen molar-refractivity contribution in [3.63, 3.8) is 0 Å². The average molecular weight is 456 g/mol. The third-order valence-electron chi connectivity index (χ3n) is 2.79. The standard InChI is InChI=1S/C7H6BrClO2S.C7H8BrN/c1-5-6(8)3-2-4-7(5)12(9,10)11;1-5-6(8)3-2-4-7(5)9/h2-4H,1H3;2-4H,9H2,1H3. The summed E-state index contributed by atoms with van der Waals surface area (Å²) in [5.74, 6) is 0. The summed E-state index contributed by atoms with van der Waals surface area (Å²) in [6.07, 6.45) is 0. The van der Waals surface area contributed by atoms with Crippen molar-refractivity contribution in [2.75, 3.05) is 5.73 Å². The van der Waals surface area contributed by atoms with Gasteiger partial charge in [-0.1, -0.05) is 44.0 Å². The fourth-order valence-electron chi connectivity index (χ4n) is 1.48. The molecule has 0 atom stereocenters. The van der Waals surface area contributed by atoms with Crippen molar-refractivity contribution >= 4 is 57.3 Å². The Morgan fingerprint density at radius 2 is 1.43 bits per heavy atom. The van der Waals surface area contributed by atoms with E-state index in [1.807, 2.05) is 25.1 Å². The minimum absolute atomic E-state index is 0.151. The van der Waals surface area contributed by atoms with Crippen LogP contribution in [0.5, 0.6) is 0 Å². The summed E-state index contributed by atoms with van der Waals surface area (Å²) in [7, 11) is 1.57. The summed E-state index contributed by atoms with van der Waals surface area (Å²) in [4.78, 5) is 0.151. The quantitative estimate of drug-likeness (QED) is 0.485. The maximum absolute atomic E-state index is 11.0. The monoisotopic (exact) mass is 453 g/mol. The van der Waals surface area contributed by atoms with Gasteiger partial charge in [0.25, 0.3) is 9.05 Å². The molecule has 7 heteroatoms. The van der Waals surface area contributed by atoms with E-state index in [4.69, 9.17) is 16.4 Å². The molecule has 0 unspecified atom stereocenters. The highest BCUT2D eigenvalue weighted by Gasteiger charge is 2.13. The highest BCUT2D eigenvalue weighted by atomic mass is 79.9. The SMILES string of the molecule is Cc1c(Br)cccc1S(=O)(=O)Cl.Cc1c(N)cccc1Br. The first kappa shape index (κ1) is 18.5. The van der Waals surface area contributed by atoms with E-state index in [1.54, 1.807) is 19.1 Å². The second-order valence-corrected chi connectivity index (χ2v) is 8.50. The Morgan fingerprint density at radius 1 is 0.952 bits per heavy atom. The highest BCUT2D eigenvalue weighted by molar-refractivity contribution is 9.10. The number of anilines is 1. The lowest BCUT2D eigenvalue weighted by Crippen LogP contribution is -1.94. The number of nitrogens with two attached hydrogens (primary N) is 1. The predicted molar refractivity (Wildman–Crippen MR) is 95.2 cm³/mol. The molecule has 0 bridgehead atoms. The van der Waals surface area contributed by atoms with E-state index >= 15 is 0 Å². The minimum Gasteiger partial charge on any atom is -0.398 e. The molecule has 2 rings (SSSR count). The second kappa shape index (κ2) is 7.63. The molecule has 0 saturated carbocycles. The van der Waals surface area contributed by atoms with Gasteiger partial charge in [0.2, 0.25) is 0 Å². The zero-order valence-electron chi connectivity index (χ0n) is 11.4. The summed E-state index contributed by atoms with van der Waals surface area (Å²) in [6, 6.07) is 10.7. The Balaban J connectivity index is 0.000000219. The van der Waals surface area contributed by atoms with Crippen molar-refractivity contribution in [1.29, 1.82) is 0 Å². The number of hydrogen-bond donors (Lipinski definition) is 1. The molecule has 2 aromatic carbocycles. The third-order valence-corrected chi connectivity index (χ3v) is 5.97. The normalized spacial score (nSPS) is 10.7. The molecule has 0 aliphatic rings. The summed E-state index contributed by atoms with van der Waals surface area (Å²) in [6.45, 7) is 3.68. The summed E-state index contributed by atoms with van der Waals surface area (Å²) < 4.78 is 23.7. The van der Waals surface area contributed by atoms with Gasteiger partial charge in [-0.15, -0.1) is 0 Å². The largest absolute Gasteiger partial charge is 0.398 e. The van der Waals surface area contributed by atoms with Gasteiger partial charge in [-0.25, -0.2) is 8.42 Å². The van der Waals surface area contributed by atoms with Crippen LogP contribution in [-0.4, -0.2) is 8.42 Å². The summed E-state index contributed by atoms with van der Waals surface area (Å²) in [5, 5.41) is 0. The van der Waals surface area contributed by atoms with Gasteiger partial charge in [0.1, 0.15) is 0 Å². The third kappa shape index (κ3) is 5.29. The van der Waals surface area contributed by atoms with Crippen LogP contribution in [0.1, 0.15) is 11.1 Å². The Bertz CT molecular complexity index is 728. The van der Waals surface area contributed by atoms with Crippen molar-refractivity contribution < 1.29 is 8.42 Å². The molecule has 0 heterocycles. The Hall–Kier alpha value is -0.560. The van der Waals surface area contributed by atoms with Crippen molar-refractivity contribution in [2.24, 2.45) is 0 Å². The molecule has 0 aromatic heterocycles. The smallest absolute Gasteiger partial charge is 0.261 e. The van der Waals surface area contributed by atoms with Crippen molar-refractivity contribution in [3.8, 4) is 0 Å². The number of benzene rings is 2. The van der Waals surface area contributed by atoms with Crippen LogP contribution in [0.2, 0.25) is 0 Å². The van der Waals surface area contributed by atoms with Crippen LogP contribution >= 0.6 is 42.5 Å². The van der Waals surface area contributed by atoms with Gasteiger partial charge in [-0.2, -0.15) is 0 Å². The average Bonchev–Trinajstić information content (AvgIpc) is 2.38. The number of rotatable bonds is 1. The molecule has 0 amide bonds. The zero-order valence-corrected chi connectivity index (χ0v) is 16.1. The van der Waals surface area contributed by atoms with Gasteiger partial charge in [0.05, 0.1) is 4.90 Å². The lowest BCUT2D eigenvalue weighted by molar-refractivity contribution is 0.609. The fraction of sp³-hybridized carbons (Fsp3) is 0.143. The van der Waals surface area contributed by atoms with Crippen molar-refractivity contribution in [3.05, 3.63) is 56.5 Å². The summed E-state index contributed by atoms with van der Waals surface area (Å²) in [5.41, 5.74) is 8.17. The number of hydrogen-bond acceptors (Lipinski definition) is 3. The molecule has 0 saturated heterocycles. The van der Waals surface area contributed by atoms with Gasteiger partial charge in [0.15, 0.2) is 0 Å². The van der Waals surface area contributed by atoms with Gasteiger partial charge < -0.3 is 5.73 Å². The Labute approximate surface area is 146 Å². The van der Waals surface area contributed by atoms with Crippen LogP contribution in [0, 0.1) is 13.8 Å². The van der Waals surface area contributed by atoms with E-state index in [2.05, 4.69) is 31.9 Å². The van der Waals surface area contributed by atoms with E-state index in [9.17, 15) is 8.42 Å². The lowest BCUT2D eigenvalue weighted by atomic mass is 10.2. The molecule has 21 heavy (non-hydrogen) atoms. The second-order valence-electron chi connectivity index (χ2n) is 4.25. The molecule has 0 aliphatic carbocycles. The molecule has 2 N–H and O–H groups in total. The molecule has 2 aromatic rings. The maximum Gasteiger partial charge on any atom is 0.261 e. The molecular weight excluding hydrogens is 441 g/mol. The van der Waals surface area contributed by atoms with Crippen LogP contribution < -0.4 is 5.73 Å². The van der Waals surface area contributed by atoms with E-state index < -0.39 is 9.05 Å². The van der Waals surface area contributed by atoms with Gasteiger partial charge >= 0.3 is 0 Å². The Morgan fingerprint density at radius 3 is 1.81 bits per heavy atom. The van der Waals surface area contributed by atoms with Gasteiger partial charge in [0, 0.05) is 25.3 Å². The lowest BCUT2D eigenvalue weighted by Gasteiger charge is -2.02. The van der Waals surface area contributed by atoms with E-state index in [-0.39, 0.29) is 4.90 Å². The molecule has 114 valence electrons. The molecule has 3 nitrogen and oxygen atoms in total. The first-order chi connectivity index (χ1) is 9.64. The van der Waals surface area contributed by atoms with Gasteiger partial charge in [-0.3, -0.25) is 0 Å². The number of halogens is 3. The first-order valence-electron chi connectivity index (χ1n) is 5.85. The highest BCUT2D eigenvalue weighted by Crippen LogP contribution is 2.25. The van der Waals surface area contributed by atoms with E-state index in [0.717, 1.165) is 20.2 Å². The van der Waals surface area contributed by atoms with Crippen LogP contribution in [0.4, 0.5) is 5.69 Å². The van der Waals surface area contributed by atoms with Crippen LogP contribution in [0.25, 0.3) is 0 Å². The minimum atomic E-state index is -3.61. The predicted octanol–water partition coefficient (Wildman–Crippen LogP) is 5.02. The molecule has 0 aliphatic heterocycles. The van der Waals surface area contributed by atoms with E-state index in [1.165, 1.54) is 6.07 Å². The van der Waals surface area contributed by atoms with Crippen molar-refractivity contribution in [2.45, 2.75) is 18.7 Å². The topological polar surface area (TPSA) is 60.2 Å². The molecule has 0 radical (unpaired) electrons. The zero-order chi connectivity index (χ0) is 16.2. The van der Waals surface area contributed by atoms with Crippen LogP contribution in [-0.2, 0) is 9.05 Å². The first-order valence-corrected chi connectivity index (χ1v) is 9.74. The molecular formula is C14H14Br2ClNO2S. The fourth-order valence-corrected chi connectivity index (χ4v) is 3.57. The Kier molecular flexibility index (Phi) is 6.71. The van der Waals surface area contributed by atoms with Gasteiger partial charge in [-0.05, 0) is 49.2 Å². The summed E-state index contributed by atoms with van der Waals surface area (Å²) >= 11 is 6.58. The maximum atomic E-state index is 11.0. The molecule has 0 fully saturated rings.